The molecule has 234 valence electrons. The molecule has 12 nitrogen and oxygen atoms in total. The van der Waals surface area contributed by atoms with Gasteiger partial charge in [-0.15, -0.1) is 11.3 Å². The third-order valence-electron chi connectivity index (χ3n) is 7.01. The summed E-state index contributed by atoms with van der Waals surface area (Å²) in [7, 11) is -4.29. The van der Waals surface area contributed by atoms with Crippen LogP contribution in [0.5, 0.6) is 0 Å². The highest BCUT2D eigenvalue weighted by molar-refractivity contribution is 7.89. The number of nitrogens with zero attached hydrogens (tertiary/aromatic N) is 3. The average Bonchev–Trinajstić information content (AvgIpc) is 3.57. The fraction of sp³-hybridized carbons (Fsp3) is 0.500. The zero-order valence-electron chi connectivity index (χ0n) is 24.5. The van der Waals surface area contributed by atoms with Crippen molar-refractivity contribution >= 4 is 62.5 Å². The van der Waals surface area contributed by atoms with Crippen LogP contribution in [0, 0.1) is 6.92 Å². The Morgan fingerprint density at radius 1 is 1.05 bits per heavy atom. The summed E-state index contributed by atoms with van der Waals surface area (Å²) in [5, 5.41) is 2.64. The highest BCUT2D eigenvalue weighted by Crippen LogP contribution is 2.29. The molecule has 0 radical (unpaired) electrons. The maximum atomic E-state index is 13.7. The van der Waals surface area contributed by atoms with Gasteiger partial charge in [0, 0.05) is 51.4 Å². The van der Waals surface area contributed by atoms with E-state index in [1.165, 1.54) is 21.9 Å². The number of anilines is 1. The Morgan fingerprint density at radius 2 is 1.72 bits per heavy atom. The number of sulfonamides is 1. The molecular weight excluding hydrogens is 618 g/mol. The van der Waals surface area contributed by atoms with E-state index < -0.39 is 39.6 Å². The second-order valence-electron chi connectivity index (χ2n) is 11.3. The van der Waals surface area contributed by atoms with Gasteiger partial charge in [0.2, 0.25) is 21.8 Å². The van der Waals surface area contributed by atoms with Crippen LogP contribution in [0.25, 0.3) is 0 Å². The minimum Gasteiger partial charge on any atom is -0.444 e. The summed E-state index contributed by atoms with van der Waals surface area (Å²) in [5.41, 5.74) is 0.199. The Morgan fingerprint density at radius 3 is 2.30 bits per heavy atom. The van der Waals surface area contributed by atoms with E-state index in [2.05, 4.69) is 10.0 Å². The minimum absolute atomic E-state index is 0.0754. The van der Waals surface area contributed by atoms with Crippen molar-refractivity contribution in [2.75, 3.05) is 44.2 Å². The van der Waals surface area contributed by atoms with Crippen LogP contribution in [0.15, 0.2) is 35.2 Å². The smallest absolute Gasteiger partial charge is 0.410 e. The standard InChI is InChI=1S/C28H36ClN5O7S2/c1-18-20(34-12-6-9-24(34)35)7-5-8-22(18)43(39,40)31-19(17-30-25(36)21-10-11-23(29)42-21)26(37)32-13-15-33(16-14-32)27(38)41-28(2,3)4/h5,7-8,10-11,19,31H,6,9,12-17H2,1-4H3,(H,30,36). The fourth-order valence-corrected chi connectivity index (χ4v) is 7.30. The number of piperazine rings is 1. The fourth-order valence-electron chi connectivity index (χ4n) is 4.89. The highest BCUT2D eigenvalue weighted by atomic mass is 35.5. The molecule has 1 atom stereocenters. The molecular formula is C28H36ClN5O7S2. The van der Waals surface area contributed by atoms with Crippen molar-refractivity contribution < 1.29 is 32.3 Å². The molecule has 0 spiro atoms. The second-order valence-corrected chi connectivity index (χ2v) is 14.7. The van der Waals surface area contributed by atoms with E-state index in [1.54, 1.807) is 50.8 Å². The maximum Gasteiger partial charge on any atom is 0.410 e. The Balaban J connectivity index is 1.53. The molecule has 0 bridgehead atoms. The lowest BCUT2D eigenvalue weighted by Crippen LogP contribution is -2.58. The summed E-state index contributed by atoms with van der Waals surface area (Å²) in [5.74, 6) is -1.14. The third kappa shape index (κ3) is 8.05. The largest absolute Gasteiger partial charge is 0.444 e. The number of thiophene rings is 1. The molecule has 0 saturated carbocycles. The molecule has 3 heterocycles. The molecule has 0 aliphatic carbocycles. The van der Waals surface area contributed by atoms with Crippen molar-refractivity contribution in [3.63, 3.8) is 0 Å². The van der Waals surface area contributed by atoms with Crippen LogP contribution >= 0.6 is 22.9 Å². The first-order chi connectivity index (χ1) is 20.2. The molecule has 1 aromatic heterocycles. The molecule has 2 saturated heterocycles. The molecule has 4 rings (SSSR count). The summed E-state index contributed by atoms with van der Waals surface area (Å²) in [6.45, 7) is 7.77. The monoisotopic (exact) mass is 653 g/mol. The zero-order valence-corrected chi connectivity index (χ0v) is 26.9. The van der Waals surface area contributed by atoms with E-state index in [0.717, 1.165) is 11.3 Å². The van der Waals surface area contributed by atoms with Gasteiger partial charge in [0.25, 0.3) is 5.91 Å². The summed E-state index contributed by atoms with van der Waals surface area (Å²) < 4.78 is 35.7. The average molecular weight is 654 g/mol. The van der Waals surface area contributed by atoms with Crippen LogP contribution in [-0.4, -0.2) is 92.9 Å². The van der Waals surface area contributed by atoms with Crippen LogP contribution < -0.4 is 14.9 Å². The molecule has 2 aromatic rings. The maximum absolute atomic E-state index is 13.7. The molecule has 2 fully saturated rings. The van der Waals surface area contributed by atoms with E-state index in [4.69, 9.17) is 16.3 Å². The van der Waals surface area contributed by atoms with E-state index in [9.17, 15) is 27.6 Å². The third-order valence-corrected chi connectivity index (χ3v) is 9.86. The first-order valence-corrected chi connectivity index (χ1v) is 16.6. The highest BCUT2D eigenvalue weighted by Gasteiger charge is 2.35. The van der Waals surface area contributed by atoms with Gasteiger partial charge in [0.15, 0.2) is 0 Å². The van der Waals surface area contributed by atoms with Gasteiger partial charge in [0.1, 0.15) is 11.6 Å². The van der Waals surface area contributed by atoms with Crippen LogP contribution in [-0.2, 0) is 24.3 Å². The van der Waals surface area contributed by atoms with Gasteiger partial charge in [-0.3, -0.25) is 14.4 Å². The summed E-state index contributed by atoms with van der Waals surface area (Å²) in [4.78, 5) is 56.0. The van der Waals surface area contributed by atoms with E-state index in [1.807, 2.05) is 0 Å². The van der Waals surface area contributed by atoms with Gasteiger partial charge in [0.05, 0.1) is 14.1 Å². The van der Waals surface area contributed by atoms with Gasteiger partial charge in [-0.05, 0) is 63.9 Å². The van der Waals surface area contributed by atoms with Crippen LogP contribution in [0.2, 0.25) is 4.34 Å². The topological polar surface area (TPSA) is 145 Å². The van der Waals surface area contributed by atoms with Crippen molar-refractivity contribution in [3.05, 3.63) is 45.1 Å². The Bertz CT molecular complexity index is 1500. The summed E-state index contributed by atoms with van der Waals surface area (Å²) in [6, 6.07) is 6.41. The van der Waals surface area contributed by atoms with Crippen LogP contribution in [0.1, 0.15) is 48.8 Å². The Kier molecular flexibility index (Phi) is 10.0. The van der Waals surface area contributed by atoms with Crippen molar-refractivity contribution in [2.24, 2.45) is 0 Å². The molecule has 43 heavy (non-hydrogen) atoms. The number of rotatable bonds is 8. The van der Waals surface area contributed by atoms with Crippen molar-refractivity contribution in [1.82, 2.24) is 19.8 Å². The zero-order chi connectivity index (χ0) is 31.5. The quantitative estimate of drug-likeness (QED) is 0.446. The Labute approximate surface area is 260 Å². The van der Waals surface area contributed by atoms with Gasteiger partial charge in [-0.1, -0.05) is 17.7 Å². The molecule has 15 heteroatoms. The van der Waals surface area contributed by atoms with E-state index in [-0.39, 0.29) is 43.5 Å². The van der Waals surface area contributed by atoms with Crippen LogP contribution in [0.4, 0.5) is 10.5 Å². The molecule has 1 aromatic carbocycles. The predicted molar refractivity (Wildman–Crippen MR) is 163 cm³/mol. The Hall–Kier alpha value is -3.20. The number of nitrogens with one attached hydrogen (secondary N) is 2. The summed E-state index contributed by atoms with van der Waals surface area (Å²) >= 11 is 7.01. The predicted octanol–water partition coefficient (Wildman–Crippen LogP) is 2.99. The molecule has 2 aliphatic heterocycles. The number of halogens is 1. The lowest BCUT2D eigenvalue weighted by atomic mass is 10.2. The van der Waals surface area contributed by atoms with Crippen LogP contribution in [0.3, 0.4) is 0 Å². The number of hydrogen-bond acceptors (Lipinski definition) is 8. The minimum atomic E-state index is -4.29. The van der Waals surface area contributed by atoms with Gasteiger partial charge in [-0.25, -0.2) is 13.2 Å². The molecule has 2 N–H and O–H groups in total. The van der Waals surface area contributed by atoms with Crippen molar-refractivity contribution in [2.45, 2.75) is 57.1 Å². The number of carbonyl (C=O) groups is 4. The number of benzene rings is 1. The van der Waals surface area contributed by atoms with Gasteiger partial charge >= 0.3 is 6.09 Å². The normalized spacial score (nSPS) is 16.8. The van der Waals surface area contributed by atoms with Gasteiger partial charge in [-0.2, -0.15) is 4.72 Å². The summed E-state index contributed by atoms with van der Waals surface area (Å²) in [6.07, 6.45) is 0.577. The van der Waals surface area contributed by atoms with E-state index >= 15 is 0 Å². The molecule has 1 unspecified atom stereocenters. The SMILES string of the molecule is Cc1c(N2CCCC2=O)cccc1S(=O)(=O)NC(CNC(=O)c1ccc(Cl)s1)C(=O)N1CCN(C(=O)OC(C)(C)C)CC1. The van der Waals surface area contributed by atoms with E-state index in [0.29, 0.717) is 39.9 Å². The lowest BCUT2D eigenvalue weighted by Gasteiger charge is -2.37. The van der Waals surface area contributed by atoms with Gasteiger partial charge < -0.3 is 24.8 Å². The van der Waals surface area contributed by atoms with Crippen molar-refractivity contribution in [1.29, 1.82) is 0 Å². The number of hydrogen-bond donors (Lipinski definition) is 2. The van der Waals surface area contributed by atoms with Crippen molar-refractivity contribution in [3.8, 4) is 0 Å². The second kappa shape index (κ2) is 13.2. The first-order valence-electron chi connectivity index (χ1n) is 13.9. The first kappa shape index (κ1) is 32.7. The molecule has 4 amide bonds. The number of ether oxygens (including phenoxy) is 1. The number of carbonyl (C=O) groups excluding carboxylic acids is 4. The molecule has 2 aliphatic rings. The lowest BCUT2D eigenvalue weighted by molar-refractivity contribution is -0.134. The number of amides is 4.